The van der Waals surface area contributed by atoms with Crippen LogP contribution < -0.4 is 5.43 Å². The average molecular weight is 298 g/mol. The van der Waals surface area contributed by atoms with Gasteiger partial charge in [0.1, 0.15) is 5.69 Å². The lowest BCUT2D eigenvalue weighted by Gasteiger charge is -2.11. The summed E-state index contributed by atoms with van der Waals surface area (Å²) in [6.07, 6.45) is 2.80. The van der Waals surface area contributed by atoms with Crippen molar-refractivity contribution in [2.45, 2.75) is 12.8 Å². The van der Waals surface area contributed by atoms with E-state index in [0.29, 0.717) is 18.7 Å². The van der Waals surface area contributed by atoms with Crippen molar-refractivity contribution < 1.29 is 4.79 Å². The molecule has 2 N–H and O–H groups in total. The van der Waals surface area contributed by atoms with Gasteiger partial charge in [-0.1, -0.05) is 6.07 Å². The molecule has 2 aromatic heterocycles. The molecule has 7 nitrogen and oxygen atoms in total. The first kappa shape index (κ1) is 12.2. The SMILES string of the molecule is O=C1CCC(c2ccc3nc(-c4cnsn4)[nH]c3c2)=NN1. The molecule has 21 heavy (non-hydrogen) atoms. The molecule has 0 radical (unpaired) electrons. The number of rotatable bonds is 2. The lowest BCUT2D eigenvalue weighted by atomic mass is 10.0. The topological polar surface area (TPSA) is 95.9 Å². The Bertz CT molecular complexity index is 851. The zero-order valence-electron chi connectivity index (χ0n) is 10.8. The Morgan fingerprint density at radius 1 is 1.24 bits per heavy atom. The third kappa shape index (κ3) is 2.19. The van der Waals surface area contributed by atoms with Gasteiger partial charge in [-0.3, -0.25) is 4.79 Å². The van der Waals surface area contributed by atoms with Gasteiger partial charge in [0.25, 0.3) is 0 Å². The van der Waals surface area contributed by atoms with Crippen LogP contribution in [0.15, 0.2) is 29.5 Å². The van der Waals surface area contributed by atoms with Crippen molar-refractivity contribution in [2.75, 3.05) is 0 Å². The number of hydrazone groups is 1. The molecule has 0 saturated carbocycles. The van der Waals surface area contributed by atoms with Gasteiger partial charge in [-0.15, -0.1) is 0 Å². The van der Waals surface area contributed by atoms with E-state index in [-0.39, 0.29) is 5.91 Å². The van der Waals surface area contributed by atoms with E-state index in [1.807, 2.05) is 18.2 Å². The molecule has 4 rings (SSSR count). The maximum atomic E-state index is 11.1. The number of hydrogen-bond acceptors (Lipinski definition) is 6. The van der Waals surface area contributed by atoms with Gasteiger partial charge in [0, 0.05) is 12.8 Å². The maximum Gasteiger partial charge on any atom is 0.240 e. The van der Waals surface area contributed by atoms with E-state index >= 15 is 0 Å². The van der Waals surface area contributed by atoms with E-state index in [4.69, 9.17) is 0 Å². The van der Waals surface area contributed by atoms with E-state index in [9.17, 15) is 4.79 Å². The van der Waals surface area contributed by atoms with Crippen LogP contribution in [-0.4, -0.2) is 30.3 Å². The summed E-state index contributed by atoms with van der Waals surface area (Å²) in [5.74, 6) is 0.662. The molecule has 0 spiro atoms. The van der Waals surface area contributed by atoms with Crippen molar-refractivity contribution in [2.24, 2.45) is 5.10 Å². The largest absolute Gasteiger partial charge is 0.337 e. The molecule has 1 aliphatic heterocycles. The Hall–Kier alpha value is -2.61. The molecule has 8 heteroatoms. The minimum atomic E-state index is -0.0420. The van der Waals surface area contributed by atoms with Gasteiger partial charge in [-0.05, 0) is 17.7 Å². The first-order valence-corrected chi connectivity index (χ1v) is 7.16. The normalized spacial score (nSPS) is 15.0. The van der Waals surface area contributed by atoms with Gasteiger partial charge in [-0.25, -0.2) is 10.4 Å². The summed E-state index contributed by atoms with van der Waals surface area (Å²) >= 11 is 1.15. The van der Waals surface area contributed by atoms with Crippen molar-refractivity contribution in [1.82, 2.24) is 24.1 Å². The molecule has 0 fully saturated rings. The van der Waals surface area contributed by atoms with Crippen LogP contribution in [0.2, 0.25) is 0 Å². The smallest absolute Gasteiger partial charge is 0.240 e. The molecule has 0 unspecified atom stereocenters. The van der Waals surface area contributed by atoms with Gasteiger partial charge < -0.3 is 4.98 Å². The van der Waals surface area contributed by atoms with Crippen LogP contribution in [0.4, 0.5) is 0 Å². The fourth-order valence-electron chi connectivity index (χ4n) is 2.26. The molecule has 1 aromatic carbocycles. The van der Waals surface area contributed by atoms with Crippen LogP contribution in [0.1, 0.15) is 18.4 Å². The Morgan fingerprint density at radius 3 is 2.95 bits per heavy atom. The van der Waals surface area contributed by atoms with Crippen molar-refractivity contribution >= 4 is 34.4 Å². The van der Waals surface area contributed by atoms with Gasteiger partial charge in [-0.2, -0.15) is 13.8 Å². The second-order valence-electron chi connectivity index (χ2n) is 4.70. The van der Waals surface area contributed by atoms with Crippen LogP contribution in [0, 0.1) is 0 Å². The number of nitrogens with zero attached hydrogens (tertiary/aromatic N) is 4. The molecule has 0 bridgehead atoms. The first-order valence-electron chi connectivity index (χ1n) is 6.43. The number of hydrogen-bond donors (Lipinski definition) is 2. The number of carbonyl (C=O) groups is 1. The molecule has 3 aromatic rings. The van der Waals surface area contributed by atoms with Crippen molar-refractivity contribution in [3.8, 4) is 11.5 Å². The monoisotopic (exact) mass is 298 g/mol. The first-order chi connectivity index (χ1) is 10.3. The highest BCUT2D eigenvalue weighted by atomic mass is 32.1. The summed E-state index contributed by atoms with van der Waals surface area (Å²) < 4.78 is 8.15. The molecule has 1 amide bonds. The van der Waals surface area contributed by atoms with Gasteiger partial charge >= 0.3 is 0 Å². The van der Waals surface area contributed by atoms with Crippen LogP contribution in [0.5, 0.6) is 0 Å². The number of aromatic amines is 1. The number of imidazole rings is 1. The maximum absolute atomic E-state index is 11.1. The summed E-state index contributed by atoms with van der Waals surface area (Å²) in [6.45, 7) is 0. The Kier molecular flexibility index (Phi) is 2.74. The summed E-state index contributed by atoms with van der Waals surface area (Å²) in [4.78, 5) is 18.9. The number of amides is 1. The molecular formula is C13H10N6OS. The summed E-state index contributed by atoms with van der Waals surface area (Å²) in [5, 5.41) is 4.11. The number of aromatic nitrogens is 4. The van der Waals surface area contributed by atoms with E-state index in [1.165, 1.54) is 0 Å². The van der Waals surface area contributed by atoms with Crippen molar-refractivity contribution in [3.05, 3.63) is 30.0 Å². The molecule has 0 atom stereocenters. The zero-order valence-corrected chi connectivity index (χ0v) is 11.6. The van der Waals surface area contributed by atoms with Crippen LogP contribution in [-0.2, 0) is 4.79 Å². The minimum absolute atomic E-state index is 0.0420. The van der Waals surface area contributed by atoms with Gasteiger partial charge in [0.2, 0.25) is 5.91 Å². The number of nitrogens with one attached hydrogen (secondary N) is 2. The van der Waals surface area contributed by atoms with E-state index in [1.54, 1.807) is 6.20 Å². The van der Waals surface area contributed by atoms with E-state index in [2.05, 4.69) is 29.2 Å². The minimum Gasteiger partial charge on any atom is -0.337 e. The lowest BCUT2D eigenvalue weighted by Crippen LogP contribution is -2.25. The second-order valence-corrected chi connectivity index (χ2v) is 5.26. The number of fused-ring (bicyclic) bond motifs is 1. The molecule has 104 valence electrons. The van der Waals surface area contributed by atoms with Gasteiger partial charge in [0.05, 0.1) is 34.7 Å². The van der Waals surface area contributed by atoms with Crippen LogP contribution in [0.3, 0.4) is 0 Å². The van der Waals surface area contributed by atoms with Gasteiger partial charge in [0.15, 0.2) is 5.82 Å². The standard InChI is InChI=1S/C13H10N6OS/c20-12-4-3-8(17-18-12)7-1-2-9-10(5-7)16-13(15-9)11-6-14-21-19-11/h1-2,5-6H,3-4H2,(H,15,16)(H,18,20). The summed E-state index contributed by atoms with van der Waals surface area (Å²) in [5.41, 5.74) is 6.88. The Balaban J connectivity index is 1.75. The predicted molar refractivity (Wildman–Crippen MR) is 78.9 cm³/mol. The third-order valence-electron chi connectivity index (χ3n) is 3.32. The Labute approximate surface area is 123 Å². The fraction of sp³-hybridized carbons (Fsp3) is 0.154. The summed E-state index contributed by atoms with van der Waals surface area (Å²) in [6, 6.07) is 5.88. The summed E-state index contributed by atoms with van der Waals surface area (Å²) in [7, 11) is 0. The molecule has 0 aliphatic carbocycles. The second kappa shape index (κ2) is 4.74. The molecule has 0 saturated heterocycles. The number of H-pyrrole nitrogens is 1. The van der Waals surface area contributed by atoms with Crippen molar-refractivity contribution in [1.29, 1.82) is 0 Å². The fourth-order valence-corrected chi connectivity index (χ4v) is 2.68. The quantitative estimate of drug-likeness (QED) is 0.752. The highest BCUT2D eigenvalue weighted by Gasteiger charge is 2.14. The highest BCUT2D eigenvalue weighted by molar-refractivity contribution is 6.99. The molecule has 1 aliphatic rings. The third-order valence-corrected chi connectivity index (χ3v) is 3.80. The number of carbonyl (C=O) groups excluding carboxylic acids is 1. The predicted octanol–water partition coefficient (Wildman–Crippen LogP) is 1.70. The van der Waals surface area contributed by atoms with E-state index < -0.39 is 0 Å². The zero-order chi connectivity index (χ0) is 14.2. The Morgan fingerprint density at radius 2 is 2.19 bits per heavy atom. The lowest BCUT2D eigenvalue weighted by molar-refractivity contribution is -0.121. The van der Waals surface area contributed by atoms with Crippen LogP contribution in [0.25, 0.3) is 22.6 Å². The average Bonchev–Trinajstić information content (AvgIpc) is 3.16. The molecule has 3 heterocycles. The van der Waals surface area contributed by atoms with Crippen molar-refractivity contribution in [3.63, 3.8) is 0 Å². The molecular weight excluding hydrogens is 288 g/mol. The highest BCUT2D eigenvalue weighted by Crippen LogP contribution is 2.21. The van der Waals surface area contributed by atoms with E-state index in [0.717, 1.165) is 39.7 Å². The van der Waals surface area contributed by atoms with Crippen LogP contribution >= 0.6 is 11.7 Å². The number of benzene rings is 1.